The van der Waals surface area contributed by atoms with E-state index in [-0.39, 0.29) is 0 Å². The second kappa shape index (κ2) is 7.04. The zero-order valence-corrected chi connectivity index (χ0v) is 18.3. The van der Waals surface area contributed by atoms with E-state index >= 15 is 0 Å². The number of hydrogen-bond acceptors (Lipinski definition) is 2. The molecule has 9 atom stereocenters. The van der Waals surface area contributed by atoms with E-state index in [1.54, 1.807) is 0 Å². The van der Waals surface area contributed by atoms with Crippen LogP contribution >= 0.6 is 0 Å². The van der Waals surface area contributed by atoms with Crippen molar-refractivity contribution in [1.82, 2.24) is 10.2 Å². The highest BCUT2D eigenvalue weighted by atomic mass is 16.1. The fourth-order valence-electron chi connectivity index (χ4n) is 8.70. The van der Waals surface area contributed by atoms with Crippen LogP contribution in [0, 0.1) is 40.4 Å². The Morgan fingerprint density at radius 2 is 1.67 bits per heavy atom. The normalized spacial score (nSPS) is 50.4. The van der Waals surface area contributed by atoms with E-state index in [1.807, 2.05) is 0 Å². The number of nitrogens with zero attached hydrogens (tertiary/aromatic N) is 1. The summed E-state index contributed by atoms with van der Waals surface area (Å²) in [6, 6.07) is 1.14. The summed E-state index contributed by atoms with van der Waals surface area (Å²) < 4.78 is 0. The van der Waals surface area contributed by atoms with E-state index in [4.69, 9.17) is 0 Å². The Kier molecular flexibility index (Phi) is 5.15. The second-order valence-electron chi connectivity index (χ2n) is 11.3. The molecule has 3 nitrogen and oxygen atoms in total. The molecule has 0 saturated heterocycles. The highest BCUT2D eigenvalue weighted by Crippen LogP contribution is 2.67. The largest absolute Gasteiger partial charge is 0.356 e. The molecule has 4 fully saturated rings. The van der Waals surface area contributed by atoms with Crippen molar-refractivity contribution in [3.05, 3.63) is 0 Å². The molecule has 0 aromatic heterocycles. The first-order valence-electron chi connectivity index (χ1n) is 11.7. The van der Waals surface area contributed by atoms with Crippen LogP contribution in [0.4, 0.5) is 0 Å². The maximum atomic E-state index is 10.9. The molecule has 4 rings (SSSR count). The van der Waals surface area contributed by atoms with Crippen LogP contribution < -0.4 is 5.32 Å². The third-order valence-corrected chi connectivity index (χ3v) is 10.4. The molecule has 0 bridgehead atoms. The molecule has 0 spiro atoms. The van der Waals surface area contributed by atoms with Crippen LogP contribution in [0.2, 0.25) is 0 Å². The SMILES string of the molecule is C[C@@H]([C@H]1CC[C@H]2[C@@H]3CC[C@H]4C[C@@H](NC=O)CC[C@]4(C)[C@H]3CC[C@]12C)N(C)C. The van der Waals surface area contributed by atoms with Gasteiger partial charge in [0, 0.05) is 12.1 Å². The first-order valence-corrected chi connectivity index (χ1v) is 11.7. The van der Waals surface area contributed by atoms with Crippen molar-refractivity contribution in [2.45, 2.75) is 90.6 Å². The molecular formula is C24H42N2O. The highest BCUT2D eigenvalue weighted by molar-refractivity contribution is 5.46. The van der Waals surface area contributed by atoms with Crippen molar-refractivity contribution in [2.75, 3.05) is 14.1 Å². The molecule has 4 saturated carbocycles. The standard InChI is InChI=1S/C24H42N2O/c1-16(26(4)5)20-8-9-21-19-7-6-17-14-18(25-15-27)10-12-23(17,2)22(19)11-13-24(20,21)3/h15-22H,6-14H2,1-5H3,(H,25,27)/t16-,17-,18-,19-,20+,21-,22-,23-,24+/m0/s1. The number of hydrogen-bond donors (Lipinski definition) is 1. The van der Waals surface area contributed by atoms with Gasteiger partial charge in [0.2, 0.25) is 6.41 Å². The van der Waals surface area contributed by atoms with Gasteiger partial charge in [-0.1, -0.05) is 13.8 Å². The summed E-state index contributed by atoms with van der Waals surface area (Å²) in [5.41, 5.74) is 1.08. The number of fused-ring (bicyclic) bond motifs is 5. The second-order valence-corrected chi connectivity index (χ2v) is 11.3. The lowest BCUT2D eigenvalue weighted by Crippen LogP contribution is -2.55. The molecule has 0 unspecified atom stereocenters. The van der Waals surface area contributed by atoms with Gasteiger partial charge in [-0.3, -0.25) is 4.79 Å². The average molecular weight is 375 g/mol. The molecule has 4 aliphatic rings. The van der Waals surface area contributed by atoms with Gasteiger partial charge in [0.05, 0.1) is 0 Å². The van der Waals surface area contributed by atoms with E-state index in [9.17, 15) is 4.79 Å². The molecule has 3 heteroatoms. The van der Waals surface area contributed by atoms with E-state index < -0.39 is 0 Å². The Balaban J connectivity index is 1.54. The lowest BCUT2D eigenvalue weighted by Gasteiger charge is -2.61. The molecule has 0 heterocycles. The molecule has 0 aliphatic heterocycles. The summed E-state index contributed by atoms with van der Waals surface area (Å²) in [5.74, 6) is 4.54. The van der Waals surface area contributed by atoms with Crippen LogP contribution in [0.1, 0.15) is 78.6 Å². The van der Waals surface area contributed by atoms with Crippen LogP contribution in [0.3, 0.4) is 0 Å². The molecule has 0 aromatic carbocycles. The zero-order chi connectivity index (χ0) is 19.4. The molecule has 154 valence electrons. The lowest BCUT2D eigenvalue weighted by atomic mass is 9.44. The Hall–Kier alpha value is -0.570. The molecule has 27 heavy (non-hydrogen) atoms. The third-order valence-electron chi connectivity index (χ3n) is 10.4. The summed E-state index contributed by atoms with van der Waals surface area (Å²) in [5, 5.41) is 3.09. The van der Waals surface area contributed by atoms with Gasteiger partial charge < -0.3 is 10.2 Å². The Labute approximate surface area is 167 Å². The number of rotatable bonds is 4. The van der Waals surface area contributed by atoms with Gasteiger partial charge in [0.1, 0.15) is 0 Å². The number of carbonyl (C=O) groups excluding carboxylic acids is 1. The molecule has 0 radical (unpaired) electrons. The monoisotopic (exact) mass is 374 g/mol. The third kappa shape index (κ3) is 2.98. The van der Waals surface area contributed by atoms with E-state index in [0.717, 1.165) is 36.0 Å². The van der Waals surface area contributed by atoms with E-state index in [0.29, 0.717) is 22.9 Å². The van der Waals surface area contributed by atoms with Crippen molar-refractivity contribution in [3.8, 4) is 0 Å². The number of carbonyl (C=O) groups is 1. The predicted molar refractivity (Wildman–Crippen MR) is 111 cm³/mol. The van der Waals surface area contributed by atoms with Gasteiger partial charge in [0.25, 0.3) is 0 Å². The van der Waals surface area contributed by atoms with Crippen LogP contribution in [0.15, 0.2) is 0 Å². The molecule has 1 amide bonds. The van der Waals surface area contributed by atoms with Gasteiger partial charge >= 0.3 is 0 Å². The van der Waals surface area contributed by atoms with Crippen molar-refractivity contribution in [1.29, 1.82) is 0 Å². The topological polar surface area (TPSA) is 32.3 Å². The molecule has 1 N–H and O–H groups in total. The fraction of sp³-hybridized carbons (Fsp3) is 0.958. The van der Waals surface area contributed by atoms with Gasteiger partial charge in [-0.05, 0) is 119 Å². The smallest absolute Gasteiger partial charge is 0.207 e. The average Bonchev–Trinajstić information content (AvgIpc) is 2.98. The quantitative estimate of drug-likeness (QED) is 0.723. The number of amides is 1. The first-order chi connectivity index (χ1) is 12.8. The predicted octanol–water partition coefficient (Wildman–Crippen LogP) is 4.71. The zero-order valence-electron chi connectivity index (χ0n) is 18.3. The first kappa shape index (κ1) is 19.7. The lowest BCUT2D eigenvalue weighted by molar-refractivity contribution is -0.122. The minimum absolute atomic E-state index is 0.433. The Bertz CT molecular complexity index is 563. The molecule has 0 aromatic rings. The number of nitrogens with one attached hydrogen (secondary N) is 1. The maximum Gasteiger partial charge on any atom is 0.207 e. The Morgan fingerprint density at radius 3 is 2.37 bits per heavy atom. The molecular weight excluding hydrogens is 332 g/mol. The van der Waals surface area contributed by atoms with Gasteiger partial charge in [-0.2, -0.15) is 0 Å². The summed E-state index contributed by atoms with van der Waals surface area (Å²) in [4.78, 5) is 13.4. The van der Waals surface area contributed by atoms with Gasteiger partial charge in [0.15, 0.2) is 0 Å². The van der Waals surface area contributed by atoms with Crippen molar-refractivity contribution >= 4 is 6.41 Å². The van der Waals surface area contributed by atoms with Crippen molar-refractivity contribution < 1.29 is 4.79 Å². The van der Waals surface area contributed by atoms with E-state index in [2.05, 4.69) is 45.1 Å². The van der Waals surface area contributed by atoms with Crippen LogP contribution in [0.5, 0.6) is 0 Å². The molecule has 4 aliphatic carbocycles. The minimum atomic E-state index is 0.433. The maximum absolute atomic E-state index is 10.9. The minimum Gasteiger partial charge on any atom is -0.356 e. The van der Waals surface area contributed by atoms with Crippen molar-refractivity contribution in [2.24, 2.45) is 40.4 Å². The summed E-state index contributed by atoms with van der Waals surface area (Å²) >= 11 is 0. The van der Waals surface area contributed by atoms with Crippen LogP contribution in [-0.4, -0.2) is 37.5 Å². The van der Waals surface area contributed by atoms with Gasteiger partial charge in [-0.15, -0.1) is 0 Å². The summed E-state index contributed by atoms with van der Waals surface area (Å²) in [6.07, 6.45) is 13.3. The Morgan fingerprint density at radius 1 is 0.963 bits per heavy atom. The van der Waals surface area contributed by atoms with Crippen LogP contribution in [-0.2, 0) is 4.79 Å². The van der Waals surface area contributed by atoms with Crippen LogP contribution in [0.25, 0.3) is 0 Å². The van der Waals surface area contributed by atoms with E-state index in [1.165, 1.54) is 57.8 Å². The summed E-state index contributed by atoms with van der Waals surface area (Å²) in [6.45, 7) is 7.75. The van der Waals surface area contributed by atoms with Gasteiger partial charge in [-0.25, -0.2) is 0 Å². The fourth-order valence-corrected chi connectivity index (χ4v) is 8.70. The summed E-state index contributed by atoms with van der Waals surface area (Å²) in [7, 11) is 4.54. The van der Waals surface area contributed by atoms with Crippen molar-refractivity contribution in [3.63, 3.8) is 0 Å². The highest BCUT2D eigenvalue weighted by Gasteiger charge is 2.60.